The molecule has 0 aliphatic carbocycles. The van der Waals surface area contributed by atoms with Gasteiger partial charge in [-0.15, -0.1) is 11.3 Å². The van der Waals surface area contributed by atoms with Crippen LogP contribution in [0, 0.1) is 6.92 Å². The molecule has 27 heavy (non-hydrogen) atoms. The summed E-state index contributed by atoms with van der Waals surface area (Å²) < 4.78 is 10.8. The van der Waals surface area contributed by atoms with Crippen molar-refractivity contribution >= 4 is 27.4 Å². The molecule has 1 aliphatic heterocycles. The lowest BCUT2D eigenvalue weighted by atomic mass is 10.2. The summed E-state index contributed by atoms with van der Waals surface area (Å²) >= 11 is 1.63. The summed E-state index contributed by atoms with van der Waals surface area (Å²) in [5.74, 6) is 3.07. The number of aromatic nitrogens is 3. The molecule has 3 aromatic heterocycles. The lowest BCUT2D eigenvalue weighted by Crippen LogP contribution is -2.04. The van der Waals surface area contributed by atoms with Crippen LogP contribution in [0.5, 0.6) is 11.5 Å². The predicted octanol–water partition coefficient (Wildman–Crippen LogP) is 4.40. The lowest BCUT2D eigenvalue weighted by molar-refractivity contribution is 0.174. The Balaban J connectivity index is 1.50. The second kappa shape index (κ2) is 6.51. The molecule has 6 nitrogen and oxygen atoms in total. The number of nitrogens with one attached hydrogen (secondary N) is 1. The molecule has 4 aromatic rings. The Kier molecular flexibility index (Phi) is 3.86. The van der Waals surface area contributed by atoms with Crippen LogP contribution in [0.2, 0.25) is 0 Å². The number of nitrogens with zero attached hydrogens (tertiary/aromatic N) is 3. The van der Waals surface area contributed by atoms with Crippen molar-refractivity contribution in [3.05, 3.63) is 59.2 Å². The molecule has 1 aromatic carbocycles. The summed E-state index contributed by atoms with van der Waals surface area (Å²) in [5, 5.41) is 6.64. The molecule has 5 rings (SSSR count). The lowest BCUT2D eigenvalue weighted by Gasteiger charge is -2.10. The van der Waals surface area contributed by atoms with Gasteiger partial charge in [-0.2, -0.15) is 0 Å². The Morgan fingerprint density at radius 2 is 2.07 bits per heavy atom. The summed E-state index contributed by atoms with van der Waals surface area (Å²) in [6, 6.07) is 9.82. The van der Waals surface area contributed by atoms with Crippen LogP contribution in [0.25, 0.3) is 21.6 Å². The number of ether oxygens (including phenoxy) is 2. The van der Waals surface area contributed by atoms with Crippen molar-refractivity contribution in [1.82, 2.24) is 15.0 Å². The van der Waals surface area contributed by atoms with E-state index in [1.807, 2.05) is 30.3 Å². The molecular weight excluding hydrogens is 360 g/mol. The number of fused-ring (bicyclic) bond motifs is 2. The zero-order valence-electron chi connectivity index (χ0n) is 14.6. The number of hydrogen-bond acceptors (Lipinski definition) is 7. The zero-order valence-corrected chi connectivity index (χ0v) is 15.4. The van der Waals surface area contributed by atoms with Gasteiger partial charge in [-0.1, -0.05) is 6.07 Å². The molecule has 0 amide bonds. The highest BCUT2D eigenvalue weighted by atomic mass is 32.1. The highest BCUT2D eigenvalue weighted by Gasteiger charge is 2.15. The van der Waals surface area contributed by atoms with Gasteiger partial charge in [-0.25, -0.2) is 9.97 Å². The quantitative estimate of drug-likeness (QED) is 0.569. The first-order chi connectivity index (χ1) is 13.3. The fourth-order valence-electron chi connectivity index (χ4n) is 3.07. The number of anilines is 1. The van der Waals surface area contributed by atoms with E-state index in [2.05, 4.69) is 22.6 Å². The van der Waals surface area contributed by atoms with Crippen LogP contribution in [0.1, 0.15) is 11.1 Å². The maximum absolute atomic E-state index is 5.46. The first kappa shape index (κ1) is 16.0. The topological polar surface area (TPSA) is 69.2 Å². The van der Waals surface area contributed by atoms with Gasteiger partial charge in [0.1, 0.15) is 10.6 Å². The second-order valence-corrected chi connectivity index (χ2v) is 7.14. The Morgan fingerprint density at radius 3 is 2.96 bits per heavy atom. The Hall–Kier alpha value is -3.19. The maximum Gasteiger partial charge on any atom is 0.231 e. The first-order valence-electron chi connectivity index (χ1n) is 8.56. The normalized spacial score (nSPS) is 12.5. The molecule has 4 heterocycles. The summed E-state index contributed by atoms with van der Waals surface area (Å²) in [7, 11) is 0. The van der Waals surface area contributed by atoms with E-state index in [-0.39, 0.29) is 6.79 Å². The van der Waals surface area contributed by atoms with Crippen molar-refractivity contribution in [2.75, 3.05) is 12.1 Å². The highest BCUT2D eigenvalue weighted by Crippen LogP contribution is 2.34. The zero-order chi connectivity index (χ0) is 18.2. The van der Waals surface area contributed by atoms with Gasteiger partial charge in [-0.05, 0) is 47.7 Å². The molecule has 0 unspecified atom stereocenters. The maximum atomic E-state index is 5.46. The minimum absolute atomic E-state index is 0.279. The molecule has 0 spiro atoms. The largest absolute Gasteiger partial charge is 0.454 e. The van der Waals surface area contributed by atoms with Crippen LogP contribution >= 0.6 is 11.3 Å². The van der Waals surface area contributed by atoms with Gasteiger partial charge in [0, 0.05) is 24.5 Å². The van der Waals surface area contributed by atoms with Crippen molar-refractivity contribution in [2.24, 2.45) is 0 Å². The standard InChI is InChI=1S/C20H16N4O2S/c1-12-10-27-20-17(12)19(23-18(24-20)14-3-2-6-21-9-14)22-8-13-4-5-15-16(7-13)26-11-25-15/h2-7,9-10H,8,11H2,1H3,(H,22,23,24). The van der Waals surface area contributed by atoms with Crippen LogP contribution in [0.3, 0.4) is 0 Å². The van der Waals surface area contributed by atoms with Crippen LogP contribution in [0.15, 0.2) is 48.1 Å². The van der Waals surface area contributed by atoms with Gasteiger partial charge in [-0.3, -0.25) is 4.98 Å². The molecule has 0 fully saturated rings. The molecule has 0 bridgehead atoms. The molecule has 0 radical (unpaired) electrons. The third-order valence-corrected chi connectivity index (χ3v) is 5.42. The predicted molar refractivity (Wildman–Crippen MR) is 105 cm³/mol. The van der Waals surface area contributed by atoms with E-state index in [1.165, 1.54) is 5.56 Å². The van der Waals surface area contributed by atoms with Gasteiger partial charge in [0.05, 0.1) is 5.39 Å². The van der Waals surface area contributed by atoms with Gasteiger partial charge in [0.2, 0.25) is 6.79 Å². The monoisotopic (exact) mass is 376 g/mol. The van der Waals surface area contributed by atoms with E-state index in [1.54, 1.807) is 23.7 Å². The van der Waals surface area contributed by atoms with E-state index in [4.69, 9.17) is 19.4 Å². The van der Waals surface area contributed by atoms with Crippen LogP contribution in [0.4, 0.5) is 5.82 Å². The van der Waals surface area contributed by atoms with Crippen molar-refractivity contribution in [3.8, 4) is 22.9 Å². The SMILES string of the molecule is Cc1csc2nc(-c3cccnc3)nc(NCc3ccc4c(c3)OCO4)c12. The fourth-order valence-corrected chi connectivity index (χ4v) is 3.99. The summed E-state index contributed by atoms with van der Waals surface area (Å²) in [4.78, 5) is 14.6. The Morgan fingerprint density at radius 1 is 1.15 bits per heavy atom. The summed E-state index contributed by atoms with van der Waals surface area (Å²) in [5.41, 5.74) is 3.17. The van der Waals surface area contributed by atoms with Crippen LogP contribution in [-0.2, 0) is 6.54 Å². The smallest absolute Gasteiger partial charge is 0.231 e. The molecular formula is C20H16N4O2S. The Bertz CT molecular complexity index is 1130. The van der Waals surface area contributed by atoms with Gasteiger partial charge in [0.15, 0.2) is 17.3 Å². The number of pyridine rings is 1. The highest BCUT2D eigenvalue weighted by molar-refractivity contribution is 7.17. The van der Waals surface area contributed by atoms with Crippen molar-refractivity contribution in [3.63, 3.8) is 0 Å². The van der Waals surface area contributed by atoms with Gasteiger partial charge >= 0.3 is 0 Å². The fraction of sp³-hybridized carbons (Fsp3) is 0.150. The molecule has 1 aliphatic rings. The third kappa shape index (κ3) is 2.96. The molecule has 0 saturated carbocycles. The molecule has 134 valence electrons. The number of aryl methyl sites for hydroxylation is 1. The van der Waals surface area contributed by atoms with Crippen molar-refractivity contribution in [1.29, 1.82) is 0 Å². The Labute approximate surface area is 159 Å². The van der Waals surface area contributed by atoms with E-state index >= 15 is 0 Å². The van der Waals surface area contributed by atoms with E-state index in [0.29, 0.717) is 12.4 Å². The number of rotatable bonds is 4. The van der Waals surface area contributed by atoms with Crippen molar-refractivity contribution in [2.45, 2.75) is 13.5 Å². The molecule has 0 atom stereocenters. The van der Waals surface area contributed by atoms with E-state index < -0.39 is 0 Å². The average Bonchev–Trinajstić information content (AvgIpc) is 3.33. The molecule has 7 heteroatoms. The molecule has 1 N–H and O–H groups in total. The minimum atomic E-state index is 0.279. The number of hydrogen-bond donors (Lipinski definition) is 1. The van der Waals surface area contributed by atoms with E-state index in [9.17, 15) is 0 Å². The van der Waals surface area contributed by atoms with Crippen LogP contribution < -0.4 is 14.8 Å². The van der Waals surface area contributed by atoms with Crippen molar-refractivity contribution < 1.29 is 9.47 Å². The van der Waals surface area contributed by atoms with Gasteiger partial charge in [0.25, 0.3) is 0 Å². The molecule has 0 saturated heterocycles. The second-order valence-electron chi connectivity index (χ2n) is 6.28. The van der Waals surface area contributed by atoms with E-state index in [0.717, 1.165) is 38.7 Å². The summed E-state index contributed by atoms with van der Waals surface area (Å²) in [6.07, 6.45) is 3.53. The summed E-state index contributed by atoms with van der Waals surface area (Å²) in [6.45, 7) is 2.99. The average molecular weight is 376 g/mol. The first-order valence-corrected chi connectivity index (χ1v) is 9.44. The number of thiophene rings is 1. The van der Waals surface area contributed by atoms with Crippen LogP contribution in [-0.4, -0.2) is 21.7 Å². The third-order valence-electron chi connectivity index (χ3n) is 4.43. The number of benzene rings is 1. The minimum Gasteiger partial charge on any atom is -0.454 e. The van der Waals surface area contributed by atoms with Gasteiger partial charge < -0.3 is 14.8 Å².